The zero-order chi connectivity index (χ0) is 22.8. The number of nitrogens with zero attached hydrogens (tertiary/aromatic N) is 1. The maximum atomic E-state index is 12.3. The lowest BCUT2D eigenvalue weighted by Gasteiger charge is -2.13. The number of halogens is 6. The number of aromatic nitrogens is 1. The first-order chi connectivity index (χ1) is 14.4. The predicted octanol–water partition coefficient (Wildman–Crippen LogP) is 5.91. The van der Waals surface area contributed by atoms with Crippen LogP contribution in [0.4, 0.5) is 26.3 Å². The lowest BCUT2D eigenvalue weighted by Crippen LogP contribution is -2.17. The van der Waals surface area contributed by atoms with Crippen molar-refractivity contribution < 1.29 is 45.7 Å². The molecule has 0 spiro atoms. The van der Waals surface area contributed by atoms with Crippen LogP contribution in [0.25, 0.3) is 22.4 Å². The van der Waals surface area contributed by atoms with E-state index in [2.05, 4.69) is 14.5 Å². The van der Waals surface area contributed by atoms with E-state index in [9.17, 15) is 36.2 Å². The summed E-state index contributed by atoms with van der Waals surface area (Å²) >= 11 is 0. The Morgan fingerprint density at radius 1 is 0.774 bits per heavy atom. The summed E-state index contributed by atoms with van der Waals surface area (Å²) < 4.78 is 81.7. The van der Waals surface area contributed by atoms with E-state index >= 15 is 0 Å². The number of benzene rings is 2. The minimum Gasteiger partial charge on any atom is -0.478 e. The van der Waals surface area contributed by atoms with Crippen molar-refractivity contribution >= 4 is 5.97 Å². The summed E-state index contributed by atoms with van der Waals surface area (Å²) in [5.41, 5.74) is 0.898. The third kappa shape index (κ3) is 5.87. The molecule has 162 valence electrons. The molecule has 1 heterocycles. The molecule has 0 radical (unpaired) electrons. The van der Waals surface area contributed by atoms with Gasteiger partial charge in [0.1, 0.15) is 11.5 Å². The maximum absolute atomic E-state index is 12.3. The van der Waals surface area contributed by atoms with E-state index in [1.807, 2.05) is 0 Å². The van der Waals surface area contributed by atoms with Crippen molar-refractivity contribution in [1.82, 2.24) is 4.98 Å². The smallest absolute Gasteiger partial charge is 0.478 e. The Labute approximate surface area is 170 Å². The van der Waals surface area contributed by atoms with Gasteiger partial charge < -0.3 is 14.6 Å². The topological polar surface area (TPSA) is 68.7 Å². The summed E-state index contributed by atoms with van der Waals surface area (Å²) in [7, 11) is 0. The number of hydrogen-bond donors (Lipinski definition) is 1. The largest absolute Gasteiger partial charge is 0.573 e. The van der Waals surface area contributed by atoms with Crippen molar-refractivity contribution in [3.63, 3.8) is 0 Å². The molecule has 2 aromatic carbocycles. The third-order valence-electron chi connectivity index (χ3n) is 3.89. The zero-order valence-corrected chi connectivity index (χ0v) is 15.2. The summed E-state index contributed by atoms with van der Waals surface area (Å²) in [4.78, 5) is 15.4. The Hall–Kier alpha value is -3.76. The van der Waals surface area contributed by atoms with Crippen LogP contribution in [0.1, 0.15) is 10.4 Å². The van der Waals surface area contributed by atoms with Gasteiger partial charge in [0.15, 0.2) is 0 Å². The average molecular weight is 443 g/mol. The van der Waals surface area contributed by atoms with Crippen LogP contribution in [0.5, 0.6) is 11.5 Å². The number of ether oxygens (including phenoxy) is 2. The fraction of sp³-hybridized carbons (Fsp3) is 0.100. The van der Waals surface area contributed by atoms with Crippen LogP contribution in [0.2, 0.25) is 0 Å². The van der Waals surface area contributed by atoms with E-state index in [1.54, 1.807) is 0 Å². The van der Waals surface area contributed by atoms with Gasteiger partial charge in [0, 0.05) is 17.3 Å². The van der Waals surface area contributed by atoms with Gasteiger partial charge in [0.2, 0.25) is 0 Å². The van der Waals surface area contributed by atoms with E-state index in [-0.39, 0.29) is 16.8 Å². The predicted molar refractivity (Wildman–Crippen MR) is 95.4 cm³/mol. The molecule has 1 N–H and O–H groups in total. The number of rotatable bonds is 5. The zero-order valence-electron chi connectivity index (χ0n) is 15.2. The Balaban J connectivity index is 2.01. The monoisotopic (exact) mass is 443 g/mol. The number of hydrogen-bond acceptors (Lipinski definition) is 4. The molecule has 0 aliphatic rings. The molecule has 0 amide bonds. The maximum Gasteiger partial charge on any atom is 0.573 e. The molecule has 0 saturated carbocycles. The molecule has 1 aromatic heterocycles. The molecule has 0 unspecified atom stereocenters. The van der Waals surface area contributed by atoms with Crippen molar-refractivity contribution in [3.8, 4) is 33.9 Å². The number of carboxylic acid groups (broad SMARTS) is 1. The van der Waals surface area contributed by atoms with Crippen molar-refractivity contribution in [2.24, 2.45) is 0 Å². The van der Waals surface area contributed by atoms with Gasteiger partial charge >= 0.3 is 18.7 Å². The molecular weight excluding hydrogens is 432 g/mol. The van der Waals surface area contributed by atoms with Crippen molar-refractivity contribution in [2.45, 2.75) is 12.7 Å². The van der Waals surface area contributed by atoms with Crippen molar-refractivity contribution in [3.05, 3.63) is 66.4 Å². The van der Waals surface area contributed by atoms with Gasteiger partial charge in [-0.2, -0.15) is 0 Å². The van der Waals surface area contributed by atoms with Gasteiger partial charge in [0.05, 0.1) is 11.3 Å². The quantitative estimate of drug-likeness (QED) is 0.497. The summed E-state index contributed by atoms with van der Waals surface area (Å²) in [5.74, 6) is -2.23. The second kappa shape index (κ2) is 8.17. The number of carbonyl (C=O) groups is 1. The molecular formula is C20H11F6NO4. The minimum atomic E-state index is -4.88. The van der Waals surface area contributed by atoms with Gasteiger partial charge in [0.25, 0.3) is 0 Å². The molecule has 3 rings (SSSR count). The average Bonchev–Trinajstić information content (AvgIpc) is 2.66. The van der Waals surface area contributed by atoms with Crippen LogP contribution >= 0.6 is 0 Å². The van der Waals surface area contributed by atoms with Crippen LogP contribution in [-0.4, -0.2) is 28.8 Å². The number of aromatic carboxylic acids is 1. The van der Waals surface area contributed by atoms with Crippen LogP contribution in [0, 0.1) is 0 Å². The highest BCUT2D eigenvalue weighted by molar-refractivity contribution is 5.91. The van der Waals surface area contributed by atoms with Crippen LogP contribution in [-0.2, 0) is 0 Å². The minimum absolute atomic E-state index is 0.189. The van der Waals surface area contributed by atoms with Gasteiger partial charge in [-0.25, -0.2) is 4.79 Å². The van der Waals surface area contributed by atoms with Crippen molar-refractivity contribution in [2.75, 3.05) is 0 Å². The molecule has 0 atom stereocenters. The van der Waals surface area contributed by atoms with E-state index in [1.165, 1.54) is 30.3 Å². The molecule has 0 aliphatic heterocycles. The highest BCUT2D eigenvalue weighted by atomic mass is 19.4. The van der Waals surface area contributed by atoms with Gasteiger partial charge in [-0.1, -0.05) is 12.1 Å². The Morgan fingerprint density at radius 2 is 1.23 bits per heavy atom. The van der Waals surface area contributed by atoms with Gasteiger partial charge in [-0.3, -0.25) is 4.98 Å². The molecule has 0 bridgehead atoms. The molecule has 0 saturated heterocycles. The van der Waals surface area contributed by atoms with E-state index in [4.69, 9.17) is 0 Å². The number of alkyl halides is 6. The second-order valence-electron chi connectivity index (χ2n) is 6.07. The highest BCUT2D eigenvalue weighted by Gasteiger charge is 2.31. The lowest BCUT2D eigenvalue weighted by atomic mass is 9.97. The summed E-state index contributed by atoms with van der Waals surface area (Å²) in [6, 6.07) is 10.6. The molecule has 5 nitrogen and oxygen atoms in total. The van der Waals surface area contributed by atoms with E-state index < -0.39 is 30.2 Å². The number of carboxylic acids is 1. The summed E-state index contributed by atoms with van der Waals surface area (Å²) in [6.07, 6.45) is -8.69. The standard InChI is InChI=1S/C20H11F6NO4/c21-19(22,23)30-14-5-1-11(2-6-14)16-9-13(18(28)29)10-27-17(16)12-3-7-15(8-4-12)31-20(24,25)26/h1-10H,(H,28,29). The lowest BCUT2D eigenvalue weighted by molar-refractivity contribution is -0.275. The van der Waals surface area contributed by atoms with E-state index in [0.29, 0.717) is 11.1 Å². The first kappa shape index (κ1) is 21.9. The number of pyridine rings is 1. The molecule has 0 aliphatic carbocycles. The SMILES string of the molecule is O=C(O)c1cnc(-c2ccc(OC(F)(F)F)cc2)c(-c2ccc(OC(F)(F)F)cc2)c1. The Bertz CT molecular complexity index is 1080. The first-order valence-corrected chi connectivity index (χ1v) is 8.37. The first-order valence-electron chi connectivity index (χ1n) is 8.37. The van der Waals surface area contributed by atoms with E-state index in [0.717, 1.165) is 30.5 Å². The summed E-state index contributed by atoms with van der Waals surface area (Å²) in [5, 5.41) is 9.23. The molecule has 11 heteroatoms. The second-order valence-corrected chi connectivity index (χ2v) is 6.07. The third-order valence-corrected chi connectivity index (χ3v) is 3.89. The van der Waals surface area contributed by atoms with Gasteiger partial charge in [-0.05, 0) is 48.0 Å². The van der Waals surface area contributed by atoms with Crippen LogP contribution < -0.4 is 9.47 Å². The Kier molecular flexibility index (Phi) is 5.78. The fourth-order valence-corrected chi connectivity index (χ4v) is 2.68. The molecule has 31 heavy (non-hydrogen) atoms. The van der Waals surface area contributed by atoms with Crippen LogP contribution in [0.15, 0.2) is 60.8 Å². The fourth-order valence-electron chi connectivity index (χ4n) is 2.68. The van der Waals surface area contributed by atoms with Crippen molar-refractivity contribution in [1.29, 1.82) is 0 Å². The summed E-state index contributed by atoms with van der Waals surface area (Å²) in [6.45, 7) is 0. The normalized spacial score (nSPS) is 11.8. The Morgan fingerprint density at radius 3 is 1.65 bits per heavy atom. The van der Waals surface area contributed by atoms with Gasteiger partial charge in [-0.15, -0.1) is 26.3 Å². The molecule has 0 fully saturated rings. The highest BCUT2D eigenvalue weighted by Crippen LogP contribution is 2.34. The molecule has 3 aromatic rings. The van der Waals surface area contributed by atoms with Crippen LogP contribution in [0.3, 0.4) is 0 Å².